The minimum atomic E-state index is -0.659. The first-order chi connectivity index (χ1) is 10.6. The van der Waals surface area contributed by atoms with Crippen LogP contribution in [0.3, 0.4) is 0 Å². The predicted molar refractivity (Wildman–Crippen MR) is 82.6 cm³/mol. The van der Waals surface area contributed by atoms with Gasteiger partial charge in [0.05, 0.1) is 26.9 Å². The van der Waals surface area contributed by atoms with Crippen molar-refractivity contribution in [1.82, 2.24) is 0 Å². The van der Waals surface area contributed by atoms with Crippen LogP contribution in [0.1, 0.15) is 19.8 Å². The van der Waals surface area contributed by atoms with E-state index in [4.69, 9.17) is 4.74 Å². The van der Waals surface area contributed by atoms with E-state index in [9.17, 15) is 9.59 Å². The second kappa shape index (κ2) is 9.44. The molecule has 0 atom stereocenters. The number of carbonyl (C=O) groups is 2. The Hall–Kier alpha value is -2.50. The summed E-state index contributed by atoms with van der Waals surface area (Å²) < 4.78 is 14.7. The molecule has 22 heavy (non-hydrogen) atoms. The molecular formula is C16H21NO5. The Morgan fingerprint density at radius 3 is 2.36 bits per heavy atom. The molecule has 120 valence electrons. The van der Waals surface area contributed by atoms with Gasteiger partial charge in [0.1, 0.15) is 11.4 Å². The number of hydrogen-bond donors (Lipinski definition) is 1. The average molecular weight is 307 g/mol. The molecule has 1 aromatic carbocycles. The fourth-order valence-corrected chi connectivity index (χ4v) is 1.56. The van der Waals surface area contributed by atoms with Gasteiger partial charge >= 0.3 is 11.9 Å². The maximum absolute atomic E-state index is 11.6. The molecule has 0 aliphatic heterocycles. The number of nitrogens with one attached hydrogen (secondary N) is 1. The van der Waals surface area contributed by atoms with E-state index in [1.807, 2.05) is 0 Å². The Bertz CT molecular complexity index is 522. The molecule has 0 spiro atoms. The number of methoxy groups -OCH3 is 2. The highest BCUT2D eigenvalue weighted by Crippen LogP contribution is 2.18. The molecule has 1 rings (SSSR count). The van der Waals surface area contributed by atoms with E-state index in [0.717, 1.165) is 24.7 Å². The topological polar surface area (TPSA) is 73.9 Å². The van der Waals surface area contributed by atoms with E-state index in [2.05, 4.69) is 21.7 Å². The molecule has 6 heteroatoms. The largest absolute Gasteiger partial charge is 0.494 e. The average Bonchev–Trinajstić information content (AvgIpc) is 2.55. The molecule has 0 amide bonds. The highest BCUT2D eigenvalue weighted by atomic mass is 16.5. The number of unbranched alkanes of at least 4 members (excludes halogenated alkanes) is 1. The van der Waals surface area contributed by atoms with Crippen molar-refractivity contribution in [2.45, 2.75) is 19.8 Å². The van der Waals surface area contributed by atoms with Crippen LogP contribution in [0, 0.1) is 0 Å². The summed E-state index contributed by atoms with van der Waals surface area (Å²) in [6, 6.07) is 7.06. The van der Waals surface area contributed by atoms with Crippen molar-refractivity contribution in [1.29, 1.82) is 0 Å². The maximum Gasteiger partial charge on any atom is 0.354 e. The van der Waals surface area contributed by atoms with Crippen molar-refractivity contribution in [2.75, 3.05) is 26.1 Å². The number of esters is 2. The van der Waals surface area contributed by atoms with E-state index >= 15 is 0 Å². The number of benzene rings is 1. The third-order valence-corrected chi connectivity index (χ3v) is 2.77. The lowest BCUT2D eigenvalue weighted by molar-refractivity contribution is -0.138. The standard InChI is InChI=1S/C16H21NO5/c1-4-5-10-22-13-8-6-12(7-9-13)17-14(16(19)21-3)11-15(18)20-2/h6-9,11,17H,4-5,10H2,1-3H3/b14-11+. The van der Waals surface area contributed by atoms with E-state index in [-0.39, 0.29) is 5.70 Å². The predicted octanol–water partition coefficient (Wildman–Crippen LogP) is 2.51. The summed E-state index contributed by atoms with van der Waals surface area (Å²) in [5.41, 5.74) is 0.623. The zero-order valence-corrected chi connectivity index (χ0v) is 13.0. The van der Waals surface area contributed by atoms with E-state index in [1.54, 1.807) is 24.3 Å². The van der Waals surface area contributed by atoms with E-state index < -0.39 is 11.9 Å². The van der Waals surface area contributed by atoms with Crippen LogP contribution in [-0.4, -0.2) is 32.8 Å². The molecule has 0 heterocycles. The molecule has 0 aliphatic rings. The van der Waals surface area contributed by atoms with Crippen LogP contribution in [0.15, 0.2) is 36.0 Å². The number of carbonyl (C=O) groups excluding carboxylic acids is 2. The third-order valence-electron chi connectivity index (χ3n) is 2.77. The van der Waals surface area contributed by atoms with Gasteiger partial charge in [-0.1, -0.05) is 13.3 Å². The highest BCUT2D eigenvalue weighted by Gasteiger charge is 2.12. The Morgan fingerprint density at radius 1 is 1.14 bits per heavy atom. The molecule has 0 unspecified atom stereocenters. The molecule has 1 aromatic rings. The summed E-state index contributed by atoms with van der Waals surface area (Å²) in [6.45, 7) is 2.76. The first-order valence-corrected chi connectivity index (χ1v) is 6.98. The van der Waals surface area contributed by atoms with Gasteiger partial charge in [-0.25, -0.2) is 9.59 Å². The van der Waals surface area contributed by atoms with E-state index in [0.29, 0.717) is 12.3 Å². The number of hydrogen-bond acceptors (Lipinski definition) is 6. The summed E-state index contributed by atoms with van der Waals surface area (Å²) in [4.78, 5) is 22.9. The lowest BCUT2D eigenvalue weighted by Crippen LogP contribution is -2.15. The van der Waals surface area contributed by atoms with Crippen LogP contribution in [-0.2, 0) is 19.1 Å². The van der Waals surface area contributed by atoms with Gasteiger partial charge in [0.2, 0.25) is 0 Å². The Balaban J connectivity index is 2.75. The van der Waals surface area contributed by atoms with Crippen molar-refractivity contribution in [3.05, 3.63) is 36.0 Å². The van der Waals surface area contributed by atoms with Gasteiger partial charge in [0.15, 0.2) is 0 Å². The minimum Gasteiger partial charge on any atom is -0.494 e. The Labute approximate surface area is 130 Å². The van der Waals surface area contributed by atoms with Crippen molar-refractivity contribution >= 4 is 17.6 Å². The van der Waals surface area contributed by atoms with Crippen molar-refractivity contribution < 1.29 is 23.8 Å². The van der Waals surface area contributed by atoms with Crippen LogP contribution in [0.2, 0.25) is 0 Å². The van der Waals surface area contributed by atoms with Crippen LogP contribution in [0.4, 0.5) is 5.69 Å². The molecule has 6 nitrogen and oxygen atoms in total. The molecule has 0 saturated carbocycles. The van der Waals surface area contributed by atoms with Gasteiger partial charge in [0, 0.05) is 5.69 Å². The molecule has 0 radical (unpaired) electrons. The molecule has 0 bridgehead atoms. The van der Waals surface area contributed by atoms with Gasteiger partial charge in [-0.15, -0.1) is 0 Å². The molecule has 0 aliphatic carbocycles. The van der Waals surface area contributed by atoms with Crippen molar-refractivity contribution in [2.24, 2.45) is 0 Å². The quantitative estimate of drug-likeness (QED) is 0.452. The highest BCUT2D eigenvalue weighted by molar-refractivity contribution is 5.98. The fraction of sp³-hybridized carbons (Fsp3) is 0.375. The molecule has 1 N–H and O–H groups in total. The SMILES string of the molecule is CCCCOc1ccc(N/C(=C/C(=O)OC)C(=O)OC)cc1. The van der Waals surface area contributed by atoms with Crippen molar-refractivity contribution in [3.8, 4) is 5.75 Å². The summed E-state index contributed by atoms with van der Waals surface area (Å²) in [6.07, 6.45) is 3.10. The lowest BCUT2D eigenvalue weighted by atomic mass is 10.2. The first-order valence-electron chi connectivity index (χ1n) is 6.98. The summed E-state index contributed by atoms with van der Waals surface area (Å²) in [5.74, 6) is -0.559. The summed E-state index contributed by atoms with van der Waals surface area (Å²) in [7, 11) is 2.47. The molecule has 0 aromatic heterocycles. The normalized spacial score (nSPS) is 10.8. The number of ether oxygens (including phenoxy) is 3. The van der Waals surface area contributed by atoms with Gasteiger partial charge in [-0.05, 0) is 30.7 Å². The van der Waals surface area contributed by atoms with Crippen molar-refractivity contribution in [3.63, 3.8) is 0 Å². The Morgan fingerprint density at radius 2 is 1.82 bits per heavy atom. The third kappa shape index (κ3) is 5.87. The summed E-state index contributed by atoms with van der Waals surface area (Å²) in [5, 5.41) is 2.82. The monoisotopic (exact) mass is 307 g/mol. The minimum absolute atomic E-state index is 0.00555. The second-order valence-electron chi connectivity index (χ2n) is 4.42. The van der Waals surface area contributed by atoms with Gasteiger partial charge in [0.25, 0.3) is 0 Å². The van der Waals surface area contributed by atoms with Crippen LogP contribution >= 0.6 is 0 Å². The van der Waals surface area contributed by atoms with Crippen LogP contribution in [0.25, 0.3) is 0 Å². The smallest absolute Gasteiger partial charge is 0.354 e. The number of rotatable bonds is 8. The van der Waals surface area contributed by atoms with Crippen LogP contribution in [0.5, 0.6) is 5.75 Å². The Kier molecular flexibility index (Phi) is 7.53. The van der Waals surface area contributed by atoms with Gasteiger partial charge in [-0.3, -0.25) is 0 Å². The molecule has 0 saturated heterocycles. The molecule has 0 fully saturated rings. The summed E-state index contributed by atoms with van der Waals surface area (Å²) >= 11 is 0. The van der Waals surface area contributed by atoms with Gasteiger partial charge in [-0.2, -0.15) is 0 Å². The lowest BCUT2D eigenvalue weighted by Gasteiger charge is -2.10. The number of anilines is 1. The zero-order chi connectivity index (χ0) is 16.4. The second-order valence-corrected chi connectivity index (χ2v) is 4.42. The van der Waals surface area contributed by atoms with Crippen LogP contribution < -0.4 is 10.1 Å². The van der Waals surface area contributed by atoms with Gasteiger partial charge < -0.3 is 19.5 Å². The first kappa shape index (κ1) is 17.6. The maximum atomic E-state index is 11.6. The zero-order valence-electron chi connectivity index (χ0n) is 13.0. The fourth-order valence-electron chi connectivity index (χ4n) is 1.56. The molecular weight excluding hydrogens is 286 g/mol. The van der Waals surface area contributed by atoms with E-state index in [1.165, 1.54) is 14.2 Å².